The number of fused-ring (bicyclic) bond motifs is 1. The molecule has 0 bridgehead atoms. The van der Waals surface area contributed by atoms with Crippen LogP contribution in [0.4, 0.5) is 5.69 Å². The summed E-state index contributed by atoms with van der Waals surface area (Å²) in [5.74, 6) is 0. The van der Waals surface area contributed by atoms with Crippen molar-refractivity contribution in [3.8, 4) is 0 Å². The second-order valence-electron chi connectivity index (χ2n) is 4.16. The van der Waals surface area contributed by atoms with Crippen LogP contribution in [0.1, 0.15) is 30.9 Å². The Balaban J connectivity index is 1.94. The molecule has 1 aliphatic heterocycles. The van der Waals surface area contributed by atoms with Gasteiger partial charge in [-0.25, -0.2) is 0 Å². The standard InChI is InChI=1S/C13H20N2/c1-2-3-8-14-10-12-6-4-5-11-7-9-15-13(11)12/h4-6,14-15H,2-3,7-10H2,1H3. The van der Waals surface area contributed by atoms with Gasteiger partial charge >= 0.3 is 0 Å². The molecule has 0 aromatic heterocycles. The predicted molar refractivity (Wildman–Crippen MR) is 65.3 cm³/mol. The van der Waals surface area contributed by atoms with E-state index in [-0.39, 0.29) is 0 Å². The summed E-state index contributed by atoms with van der Waals surface area (Å²) in [7, 11) is 0. The number of benzene rings is 1. The molecule has 0 saturated carbocycles. The van der Waals surface area contributed by atoms with Gasteiger partial charge in [-0.1, -0.05) is 31.5 Å². The molecular weight excluding hydrogens is 184 g/mol. The van der Waals surface area contributed by atoms with Crippen LogP contribution >= 0.6 is 0 Å². The fourth-order valence-corrected chi connectivity index (χ4v) is 2.08. The highest BCUT2D eigenvalue weighted by Gasteiger charge is 2.12. The van der Waals surface area contributed by atoms with Gasteiger partial charge in [-0.15, -0.1) is 0 Å². The van der Waals surface area contributed by atoms with E-state index in [1.54, 1.807) is 0 Å². The van der Waals surface area contributed by atoms with Crippen LogP contribution in [0, 0.1) is 0 Å². The summed E-state index contributed by atoms with van der Waals surface area (Å²) < 4.78 is 0. The van der Waals surface area contributed by atoms with Crippen LogP contribution in [0.2, 0.25) is 0 Å². The van der Waals surface area contributed by atoms with Crippen molar-refractivity contribution >= 4 is 5.69 Å². The van der Waals surface area contributed by atoms with E-state index in [1.807, 2.05) is 0 Å². The minimum atomic E-state index is 0.996. The van der Waals surface area contributed by atoms with Crippen LogP contribution in [0.25, 0.3) is 0 Å². The highest BCUT2D eigenvalue weighted by molar-refractivity contribution is 5.61. The van der Waals surface area contributed by atoms with Gasteiger partial charge in [-0.2, -0.15) is 0 Å². The number of hydrogen-bond acceptors (Lipinski definition) is 2. The van der Waals surface area contributed by atoms with Crippen LogP contribution in [-0.2, 0) is 13.0 Å². The van der Waals surface area contributed by atoms with Gasteiger partial charge in [0.25, 0.3) is 0 Å². The van der Waals surface area contributed by atoms with E-state index in [4.69, 9.17) is 0 Å². The summed E-state index contributed by atoms with van der Waals surface area (Å²) in [6, 6.07) is 6.61. The normalized spacial score (nSPS) is 13.7. The number of unbranched alkanes of at least 4 members (excludes halogenated alkanes) is 1. The van der Waals surface area contributed by atoms with Crippen molar-refractivity contribution in [2.75, 3.05) is 18.4 Å². The maximum Gasteiger partial charge on any atom is 0.0419 e. The SMILES string of the molecule is CCCCNCc1cccc2c1NCC2. The molecule has 0 fully saturated rings. The highest BCUT2D eigenvalue weighted by atomic mass is 14.9. The minimum Gasteiger partial charge on any atom is -0.384 e. The molecule has 1 aromatic carbocycles. The average molecular weight is 204 g/mol. The Morgan fingerprint density at radius 1 is 1.40 bits per heavy atom. The topological polar surface area (TPSA) is 24.1 Å². The Labute approximate surface area is 92.1 Å². The molecule has 0 spiro atoms. The summed E-state index contributed by atoms with van der Waals surface area (Å²) in [5, 5.41) is 6.96. The van der Waals surface area contributed by atoms with Crippen molar-refractivity contribution in [1.82, 2.24) is 5.32 Å². The van der Waals surface area contributed by atoms with E-state index in [2.05, 4.69) is 35.8 Å². The maximum absolute atomic E-state index is 3.49. The Morgan fingerprint density at radius 2 is 2.33 bits per heavy atom. The van der Waals surface area contributed by atoms with Gasteiger partial charge in [-0.3, -0.25) is 0 Å². The van der Waals surface area contributed by atoms with Crippen LogP contribution < -0.4 is 10.6 Å². The largest absolute Gasteiger partial charge is 0.384 e. The number of para-hydroxylation sites is 1. The van der Waals surface area contributed by atoms with Crippen LogP contribution in [0.15, 0.2) is 18.2 Å². The summed E-state index contributed by atoms with van der Waals surface area (Å²) >= 11 is 0. The molecule has 0 unspecified atom stereocenters. The lowest BCUT2D eigenvalue weighted by molar-refractivity contribution is 0.642. The molecule has 0 radical (unpaired) electrons. The molecule has 1 aliphatic rings. The molecule has 0 atom stereocenters. The zero-order valence-electron chi connectivity index (χ0n) is 9.47. The van der Waals surface area contributed by atoms with Crippen LogP contribution in [0.5, 0.6) is 0 Å². The van der Waals surface area contributed by atoms with E-state index in [0.717, 1.165) is 19.6 Å². The highest BCUT2D eigenvalue weighted by Crippen LogP contribution is 2.25. The van der Waals surface area contributed by atoms with Gasteiger partial charge in [-0.05, 0) is 30.5 Å². The lowest BCUT2D eigenvalue weighted by Crippen LogP contribution is -2.15. The molecular formula is C13H20N2. The molecule has 2 nitrogen and oxygen atoms in total. The molecule has 0 aliphatic carbocycles. The quantitative estimate of drug-likeness (QED) is 0.720. The van der Waals surface area contributed by atoms with E-state index < -0.39 is 0 Å². The molecule has 2 rings (SSSR count). The van der Waals surface area contributed by atoms with Gasteiger partial charge in [0, 0.05) is 18.8 Å². The van der Waals surface area contributed by atoms with E-state index in [0.29, 0.717) is 0 Å². The lowest BCUT2D eigenvalue weighted by Gasteiger charge is -2.09. The zero-order chi connectivity index (χ0) is 10.5. The summed E-state index contributed by atoms with van der Waals surface area (Å²) in [4.78, 5) is 0. The molecule has 2 heteroatoms. The van der Waals surface area contributed by atoms with Gasteiger partial charge in [0.15, 0.2) is 0 Å². The number of rotatable bonds is 5. The third kappa shape index (κ3) is 2.51. The third-order valence-electron chi connectivity index (χ3n) is 2.96. The Kier molecular flexibility index (Phi) is 3.62. The smallest absolute Gasteiger partial charge is 0.0419 e. The average Bonchev–Trinajstić information content (AvgIpc) is 2.73. The van der Waals surface area contributed by atoms with Gasteiger partial charge in [0.2, 0.25) is 0 Å². The second kappa shape index (κ2) is 5.17. The summed E-state index contributed by atoms with van der Waals surface area (Å²) in [6.07, 6.45) is 3.71. The summed E-state index contributed by atoms with van der Waals surface area (Å²) in [6.45, 7) is 5.45. The molecule has 1 heterocycles. The van der Waals surface area contributed by atoms with Gasteiger partial charge in [0.05, 0.1) is 0 Å². The number of hydrogen-bond donors (Lipinski definition) is 2. The molecule has 2 N–H and O–H groups in total. The van der Waals surface area contributed by atoms with E-state index >= 15 is 0 Å². The van der Waals surface area contributed by atoms with E-state index in [1.165, 1.54) is 36.1 Å². The maximum atomic E-state index is 3.49. The molecule has 1 aromatic rings. The van der Waals surface area contributed by atoms with Gasteiger partial charge in [0.1, 0.15) is 0 Å². The molecule has 15 heavy (non-hydrogen) atoms. The minimum absolute atomic E-state index is 0.996. The first-order chi connectivity index (χ1) is 7.42. The van der Waals surface area contributed by atoms with Crippen molar-refractivity contribution in [2.24, 2.45) is 0 Å². The third-order valence-corrected chi connectivity index (χ3v) is 2.96. The fourth-order valence-electron chi connectivity index (χ4n) is 2.08. The zero-order valence-corrected chi connectivity index (χ0v) is 9.47. The lowest BCUT2D eigenvalue weighted by atomic mass is 10.1. The van der Waals surface area contributed by atoms with Crippen molar-refractivity contribution in [3.63, 3.8) is 0 Å². The van der Waals surface area contributed by atoms with Crippen molar-refractivity contribution < 1.29 is 0 Å². The van der Waals surface area contributed by atoms with Crippen LogP contribution in [0.3, 0.4) is 0 Å². The van der Waals surface area contributed by atoms with E-state index in [9.17, 15) is 0 Å². The predicted octanol–water partition coefficient (Wildman–Crippen LogP) is 2.54. The Morgan fingerprint density at radius 3 is 3.20 bits per heavy atom. The second-order valence-corrected chi connectivity index (χ2v) is 4.16. The summed E-state index contributed by atoms with van der Waals surface area (Å²) in [5.41, 5.74) is 4.27. The first-order valence-electron chi connectivity index (χ1n) is 5.97. The van der Waals surface area contributed by atoms with Crippen molar-refractivity contribution in [2.45, 2.75) is 32.7 Å². The molecule has 0 amide bonds. The van der Waals surface area contributed by atoms with Crippen molar-refractivity contribution in [1.29, 1.82) is 0 Å². The van der Waals surface area contributed by atoms with Crippen molar-refractivity contribution in [3.05, 3.63) is 29.3 Å². The monoisotopic (exact) mass is 204 g/mol. The Bertz CT molecular complexity index is 320. The molecule has 0 saturated heterocycles. The molecule has 82 valence electrons. The van der Waals surface area contributed by atoms with Gasteiger partial charge < -0.3 is 10.6 Å². The number of anilines is 1. The fraction of sp³-hybridized carbons (Fsp3) is 0.538. The first kappa shape index (κ1) is 10.5. The first-order valence-corrected chi connectivity index (χ1v) is 5.97. The Hall–Kier alpha value is -1.02. The van der Waals surface area contributed by atoms with Crippen LogP contribution in [-0.4, -0.2) is 13.1 Å². The number of nitrogens with one attached hydrogen (secondary N) is 2.